The number of aromatic hydroxyl groups is 1. The van der Waals surface area contributed by atoms with Crippen LogP contribution in [0.4, 0.5) is 19.0 Å². The van der Waals surface area contributed by atoms with Gasteiger partial charge in [-0.3, -0.25) is 4.90 Å². The summed E-state index contributed by atoms with van der Waals surface area (Å²) in [5, 5.41) is 21.8. The van der Waals surface area contributed by atoms with Gasteiger partial charge in [0.1, 0.15) is 35.7 Å². The summed E-state index contributed by atoms with van der Waals surface area (Å²) >= 11 is 0. The number of phenols is 1. The first-order chi connectivity index (χ1) is 20.8. The van der Waals surface area contributed by atoms with Gasteiger partial charge < -0.3 is 19.8 Å². The van der Waals surface area contributed by atoms with Crippen molar-refractivity contribution in [2.75, 3.05) is 37.7 Å². The molecular weight excluding hydrogens is 557 g/mol. The Bertz CT molecular complexity index is 1790. The van der Waals surface area contributed by atoms with Crippen molar-refractivity contribution in [2.24, 2.45) is 0 Å². The highest BCUT2D eigenvalue weighted by atomic mass is 19.1. The fraction of sp³-hybridized carbons (Fsp3) is 0.394. The monoisotopic (exact) mass is 588 g/mol. The van der Waals surface area contributed by atoms with Gasteiger partial charge in [0.2, 0.25) is 0 Å². The van der Waals surface area contributed by atoms with Crippen LogP contribution in [0.25, 0.3) is 32.8 Å². The molecule has 3 aliphatic rings. The molecule has 0 saturated carbocycles. The summed E-state index contributed by atoms with van der Waals surface area (Å²) in [5.41, 5.74) is -0.171. The number of alkyl halides is 1. The molecule has 0 spiro atoms. The highest BCUT2D eigenvalue weighted by Crippen LogP contribution is 2.42. The Morgan fingerprint density at radius 2 is 1.88 bits per heavy atom. The Morgan fingerprint density at radius 3 is 2.67 bits per heavy atom. The molecule has 222 valence electrons. The van der Waals surface area contributed by atoms with Crippen molar-refractivity contribution in [1.82, 2.24) is 14.9 Å². The number of hydrogen-bond acceptors (Lipinski definition) is 7. The van der Waals surface area contributed by atoms with Crippen molar-refractivity contribution in [3.05, 3.63) is 53.6 Å². The number of fused-ring (bicyclic) bond motifs is 3. The lowest BCUT2D eigenvalue weighted by Gasteiger charge is -2.32. The largest absolute Gasteiger partial charge is 0.508 e. The number of rotatable bonds is 5. The maximum absolute atomic E-state index is 16.7. The first-order valence-corrected chi connectivity index (χ1v) is 14.6. The minimum Gasteiger partial charge on any atom is -0.508 e. The van der Waals surface area contributed by atoms with E-state index < -0.39 is 29.4 Å². The second-order valence-electron chi connectivity index (χ2n) is 11.9. The van der Waals surface area contributed by atoms with Crippen LogP contribution in [0, 0.1) is 24.0 Å². The Hall–Kier alpha value is -4.07. The van der Waals surface area contributed by atoms with Gasteiger partial charge in [0, 0.05) is 42.4 Å². The average molecular weight is 589 g/mol. The third-order valence-electron chi connectivity index (χ3n) is 9.25. The van der Waals surface area contributed by atoms with Crippen LogP contribution < -0.4 is 9.64 Å². The molecule has 0 bridgehead atoms. The molecular formula is C33H31F3N4O3. The number of aliphatic hydroxyl groups is 1. The van der Waals surface area contributed by atoms with Crippen LogP contribution >= 0.6 is 0 Å². The number of halogens is 3. The molecule has 7 nitrogen and oxygen atoms in total. The lowest BCUT2D eigenvalue weighted by Crippen LogP contribution is -2.43. The van der Waals surface area contributed by atoms with Crippen LogP contribution in [0.15, 0.2) is 36.4 Å². The highest BCUT2D eigenvalue weighted by Gasteiger charge is 2.49. The summed E-state index contributed by atoms with van der Waals surface area (Å²) in [7, 11) is 0. The van der Waals surface area contributed by atoms with Crippen LogP contribution in [0.3, 0.4) is 0 Å². The van der Waals surface area contributed by atoms with Gasteiger partial charge in [0.05, 0.1) is 17.2 Å². The van der Waals surface area contributed by atoms with E-state index in [0.29, 0.717) is 60.9 Å². The third-order valence-corrected chi connectivity index (χ3v) is 9.25. The van der Waals surface area contributed by atoms with Crippen LogP contribution in [-0.2, 0) is 0 Å². The number of aliphatic hydroxyl groups excluding tert-OH is 1. The summed E-state index contributed by atoms with van der Waals surface area (Å²) in [5.74, 6) is 1.39. The fourth-order valence-corrected chi connectivity index (χ4v) is 7.14. The van der Waals surface area contributed by atoms with Crippen molar-refractivity contribution in [1.29, 1.82) is 0 Å². The molecule has 0 unspecified atom stereocenters. The minimum atomic E-state index is -0.924. The zero-order valence-electron chi connectivity index (χ0n) is 23.5. The Morgan fingerprint density at radius 1 is 1.07 bits per heavy atom. The van der Waals surface area contributed by atoms with Crippen molar-refractivity contribution in [3.8, 4) is 35.2 Å². The van der Waals surface area contributed by atoms with Crippen molar-refractivity contribution in [3.63, 3.8) is 0 Å². The molecule has 3 saturated heterocycles. The number of hydrogen-bond donors (Lipinski definition) is 2. The topological polar surface area (TPSA) is 82.0 Å². The summed E-state index contributed by atoms with van der Waals surface area (Å²) in [4.78, 5) is 13.3. The number of piperidine rings is 1. The van der Waals surface area contributed by atoms with Gasteiger partial charge in [0.25, 0.3) is 0 Å². The Labute approximate surface area is 246 Å². The molecule has 3 aromatic carbocycles. The molecule has 1 aromatic heterocycles. The van der Waals surface area contributed by atoms with E-state index in [0.717, 1.165) is 19.4 Å². The first-order valence-electron chi connectivity index (χ1n) is 14.6. The van der Waals surface area contributed by atoms with Gasteiger partial charge in [0.15, 0.2) is 5.82 Å². The van der Waals surface area contributed by atoms with Gasteiger partial charge in [-0.05, 0) is 67.4 Å². The second-order valence-corrected chi connectivity index (χ2v) is 11.9. The zero-order chi connectivity index (χ0) is 29.9. The second kappa shape index (κ2) is 10.6. The van der Waals surface area contributed by atoms with Crippen LogP contribution in [-0.4, -0.2) is 75.7 Å². The molecule has 2 N–H and O–H groups in total. The van der Waals surface area contributed by atoms with Gasteiger partial charge >= 0.3 is 6.01 Å². The molecule has 3 aliphatic heterocycles. The summed E-state index contributed by atoms with van der Waals surface area (Å²) < 4.78 is 51.9. The smallest absolute Gasteiger partial charge is 0.319 e. The number of anilines is 1. The number of benzene rings is 3. The van der Waals surface area contributed by atoms with Crippen molar-refractivity contribution >= 4 is 27.5 Å². The quantitative estimate of drug-likeness (QED) is 0.305. The normalized spacial score (nSPS) is 22.8. The predicted octanol–water partition coefficient (Wildman–Crippen LogP) is 5.33. The van der Waals surface area contributed by atoms with Gasteiger partial charge in [-0.15, -0.1) is 6.42 Å². The van der Waals surface area contributed by atoms with Gasteiger partial charge in [-0.1, -0.05) is 18.1 Å². The van der Waals surface area contributed by atoms with E-state index in [4.69, 9.17) is 16.1 Å². The van der Waals surface area contributed by atoms with E-state index >= 15 is 4.39 Å². The maximum Gasteiger partial charge on any atom is 0.319 e. The third kappa shape index (κ3) is 4.71. The molecule has 0 amide bonds. The standard InChI is InChI=1S/C33H31F3N4O3/c1-2-23-27(35)7-4-19-14-22(42)15-26(28(19)23)24-5-6-25-30(29(24)36)37-32(38-31(25)39-12-8-21(41)9-13-39)43-18-33-10-3-11-40(33)17-20(34)16-33/h1,4-7,14-15,20-21,41-42H,3,8-13,16-18H2/t20-,33+/m1/s1. The van der Waals surface area contributed by atoms with Gasteiger partial charge in [-0.25, -0.2) is 13.2 Å². The molecule has 3 fully saturated rings. The summed E-state index contributed by atoms with van der Waals surface area (Å²) in [6.45, 7) is 2.39. The van der Waals surface area contributed by atoms with Gasteiger partial charge in [-0.2, -0.15) is 9.97 Å². The fourth-order valence-electron chi connectivity index (χ4n) is 7.14. The summed E-state index contributed by atoms with van der Waals surface area (Å²) in [6.07, 6.45) is 7.51. The summed E-state index contributed by atoms with van der Waals surface area (Å²) in [6, 6.07) is 8.75. The van der Waals surface area contributed by atoms with Crippen LogP contribution in [0.1, 0.15) is 37.7 Å². The minimum absolute atomic E-state index is 0.00524. The first kappa shape index (κ1) is 27.7. The van der Waals surface area contributed by atoms with Crippen molar-refractivity contribution in [2.45, 2.75) is 49.9 Å². The van der Waals surface area contributed by atoms with Crippen LogP contribution in [0.2, 0.25) is 0 Å². The maximum atomic E-state index is 16.7. The molecule has 10 heteroatoms. The number of phenolic OH excluding ortho intramolecular Hbond substituents is 1. The van der Waals surface area contributed by atoms with E-state index in [1.165, 1.54) is 24.3 Å². The number of nitrogens with zero attached hydrogens (tertiary/aromatic N) is 4. The molecule has 0 radical (unpaired) electrons. The van der Waals surface area contributed by atoms with E-state index in [-0.39, 0.29) is 40.6 Å². The van der Waals surface area contributed by atoms with E-state index in [1.807, 2.05) is 4.90 Å². The average Bonchev–Trinajstić information content (AvgIpc) is 3.52. The predicted molar refractivity (Wildman–Crippen MR) is 158 cm³/mol. The molecule has 43 heavy (non-hydrogen) atoms. The van der Waals surface area contributed by atoms with E-state index in [2.05, 4.69) is 15.8 Å². The van der Waals surface area contributed by atoms with Crippen molar-refractivity contribution < 1.29 is 28.1 Å². The number of terminal acetylenes is 1. The molecule has 4 aromatic rings. The Balaban J connectivity index is 1.37. The highest BCUT2D eigenvalue weighted by molar-refractivity contribution is 6.04. The lowest BCUT2D eigenvalue weighted by atomic mass is 9.93. The molecule has 2 atom stereocenters. The lowest BCUT2D eigenvalue weighted by molar-refractivity contribution is 0.107. The number of aromatic nitrogens is 2. The van der Waals surface area contributed by atoms with E-state index in [1.54, 1.807) is 12.1 Å². The van der Waals surface area contributed by atoms with E-state index in [9.17, 15) is 19.0 Å². The SMILES string of the molecule is C#Cc1c(F)ccc2cc(O)cc(-c3ccc4c(N5CCC(O)CC5)nc(OC[C@@]56CCCN5C[C@H](F)C6)nc4c3F)c12. The molecule has 4 heterocycles. The number of ether oxygens (including phenoxy) is 1. The zero-order valence-corrected chi connectivity index (χ0v) is 23.5. The Kier molecular flexibility index (Phi) is 6.83. The van der Waals surface area contributed by atoms with Crippen LogP contribution in [0.5, 0.6) is 11.8 Å². The molecule has 0 aliphatic carbocycles. The molecule has 7 rings (SSSR count).